The Morgan fingerprint density at radius 3 is 2.54 bits per heavy atom. The SMILES string of the molecule is COc1cc(C=CC(=O)N2CCC(CN)CC2)cc(Cl)c1OC.Cl. The Bertz CT molecular complexity index is 585. The normalized spacial score (nSPS) is 15.2. The Balaban J connectivity index is 0.00000288. The highest BCUT2D eigenvalue weighted by Crippen LogP contribution is 2.36. The number of amides is 1. The zero-order valence-corrected chi connectivity index (χ0v) is 15.5. The van der Waals surface area contributed by atoms with Gasteiger partial charge in [0.15, 0.2) is 11.5 Å². The van der Waals surface area contributed by atoms with E-state index in [-0.39, 0.29) is 18.3 Å². The summed E-state index contributed by atoms with van der Waals surface area (Å²) < 4.78 is 10.5. The molecule has 0 bridgehead atoms. The molecule has 0 aromatic heterocycles. The number of nitrogens with two attached hydrogens (primary N) is 1. The summed E-state index contributed by atoms with van der Waals surface area (Å²) in [6.07, 6.45) is 5.25. The number of carbonyl (C=O) groups is 1. The van der Waals surface area contributed by atoms with Gasteiger partial charge in [0.05, 0.1) is 19.2 Å². The van der Waals surface area contributed by atoms with Gasteiger partial charge in [0.1, 0.15) is 0 Å². The molecule has 7 heteroatoms. The van der Waals surface area contributed by atoms with E-state index in [0.29, 0.717) is 29.0 Å². The van der Waals surface area contributed by atoms with Crippen molar-refractivity contribution < 1.29 is 14.3 Å². The lowest BCUT2D eigenvalue weighted by molar-refractivity contribution is -0.127. The summed E-state index contributed by atoms with van der Waals surface area (Å²) in [4.78, 5) is 14.1. The van der Waals surface area contributed by atoms with Crippen molar-refractivity contribution in [3.63, 3.8) is 0 Å². The van der Waals surface area contributed by atoms with Gasteiger partial charge in [-0.15, -0.1) is 12.4 Å². The first-order valence-corrected chi connectivity index (χ1v) is 8.05. The molecule has 0 spiro atoms. The number of benzene rings is 1. The second kappa shape index (κ2) is 9.77. The fraction of sp³-hybridized carbons (Fsp3) is 0.471. The predicted molar refractivity (Wildman–Crippen MR) is 99.2 cm³/mol. The number of halogens is 2. The number of nitrogens with zero attached hydrogens (tertiary/aromatic N) is 1. The van der Waals surface area contributed by atoms with Gasteiger partial charge in [-0.05, 0) is 49.1 Å². The molecule has 0 atom stereocenters. The third-order valence-electron chi connectivity index (χ3n) is 4.13. The summed E-state index contributed by atoms with van der Waals surface area (Å²) in [5.74, 6) is 1.57. The Kier molecular flexibility index (Phi) is 8.39. The summed E-state index contributed by atoms with van der Waals surface area (Å²) in [5, 5.41) is 0.447. The van der Waals surface area contributed by atoms with Crippen molar-refractivity contribution in [2.24, 2.45) is 11.7 Å². The third-order valence-corrected chi connectivity index (χ3v) is 4.41. The van der Waals surface area contributed by atoms with E-state index in [0.717, 1.165) is 31.5 Å². The van der Waals surface area contributed by atoms with Gasteiger partial charge in [0.25, 0.3) is 0 Å². The minimum absolute atomic E-state index is 0. The molecular formula is C17H24Cl2N2O3. The number of ether oxygens (including phenoxy) is 2. The molecule has 1 heterocycles. The summed E-state index contributed by atoms with van der Waals surface area (Å²) >= 11 is 6.16. The molecule has 0 radical (unpaired) electrons. The molecule has 0 aliphatic carbocycles. The third kappa shape index (κ3) is 5.03. The number of carbonyl (C=O) groups excluding carboxylic acids is 1. The van der Waals surface area contributed by atoms with Crippen molar-refractivity contribution in [1.29, 1.82) is 0 Å². The quantitative estimate of drug-likeness (QED) is 0.804. The smallest absolute Gasteiger partial charge is 0.246 e. The number of hydrogen-bond acceptors (Lipinski definition) is 4. The maximum Gasteiger partial charge on any atom is 0.246 e. The number of hydrogen-bond donors (Lipinski definition) is 1. The van der Waals surface area contributed by atoms with Crippen LogP contribution >= 0.6 is 24.0 Å². The van der Waals surface area contributed by atoms with Crippen LogP contribution in [0.15, 0.2) is 18.2 Å². The van der Waals surface area contributed by atoms with Crippen LogP contribution in [0, 0.1) is 5.92 Å². The van der Waals surface area contributed by atoms with Crippen molar-refractivity contribution in [3.8, 4) is 11.5 Å². The van der Waals surface area contributed by atoms with E-state index < -0.39 is 0 Å². The van der Waals surface area contributed by atoms with Gasteiger partial charge in [0, 0.05) is 19.2 Å². The van der Waals surface area contributed by atoms with Crippen LogP contribution < -0.4 is 15.2 Å². The molecule has 1 amide bonds. The lowest BCUT2D eigenvalue weighted by Gasteiger charge is -2.30. The van der Waals surface area contributed by atoms with E-state index in [1.54, 1.807) is 31.4 Å². The highest BCUT2D eigenvalue weighted by molar-refractivity contribution is 6.32. The lowest BCUT2D eigenvalue weighted by Crippen LogP contribution is -2.39. The van der Waals surface area contributed by atoms with E-state index in [9.17, 15) is 4.79 Å². The van der Waals surface area contributed by atoms with E-state index >= 15 is 0 Å². The van der Waals surface area contributed by atoms with Crippen LogP contribution in [-0.2, 0) is 4.79 Å². The average molecular weight is 375 g/mol. The molecular weight excluding hydrogens is 351 g/mol. The summed E-state index contributed by atoms with van der Waals surface area (Å²) in [5.41, 5.74) is 6.46. The highest BCUT2D eigenvalue weighted by Gasteiger charge is 2.20. The summed E-state index contributed by atoms with van der Waals surface area (Å²) in [6, 6.07) is 3.53. The molecule has 0 unspecified atom stereocenters. The molecule has 2 N–H and O–H groups in total. The Labute approximate surface area is 154 Å². The van der Waals surface area contributed by atoms with Gasteiger partial charge in [0.2, 0.25) is 5.91 Å². The van der Waals surface area contributed by atoms with Crippen LogP contribution in [0.2, 0.25) is 5.02 Å². The molecule has 5 nitrogen and oxygen atoms in total. The van der Waals surface area contributed by atoms with Crippen LogP contribution in [0.5, 0.6) is 11.5 Å². The van der Waals surface area contributed by atoms with Crippen molar-refractivity contribution in [3.05, 3.63) is 28.8 Å². The number of likely N-dealkylation sites (tertiary alicyclic amines) is 1. The van der Waals surface area contributed by atoms with Gasteiger partial charge >= 0.3 is 0 Å². The zero-order valence-electron chi connectivity index (χ0n) is 14.0. The van der Waals surface area contributed by atoms with Gasteiger partial charge in [-0.25, -0.2) is 0 Å². The molecule has 1 fully saturated rings. The van der Waals surface area contributed by atoms with Gasteiger partial charge in [-0.2, -0.15) is 0 Å². The standard InChI is InChI=1S/C17H23ClN2O3.ClH/c1-22-15-10-13(9-14(18)17(15)23-2)3-4-16(21)20-7-5-12(11-19)6-8-20;/h3-4,9-10,12H,5-8,11,19H2,1-2H3;1H. The summed E-state index contributed by atoms with van der Waals surface area (Å²) in [6.45, 7) is 2.22. The molecule has 0 saturated carbocycles. The highest BCUT2D eigenvalue weighted by atomic mass is 35.5. The molecule has 1 aliphatic heterocycles. The molecule has 2 rings (SSSR count). The molecule has 1 aromatic carbocycles. The fourth-order valence-corrected chi connectivity index (χ4v) is 2.99. The van der Waals surface area contributed by atoms with Crippen molar-refractivity contribution in [2.75, 3.05) is 33.9 Å². The Morgan fingerprint density at radius 1 is 1.33 bits per heavy atom. The Morgan fingerprint density at radius 2 is 2.00 bits per heavy atom. The van der Waals surface area contributed by atoms with Crippen LogP contribution in [0.4, 0.5) is 0 Å². The average Bonchev–Trinajstić information content (AvgIpc) is 2.59. The lowest BCUT2D eigenvalue weighted by atomic mass is 9.97. The minimum Gasteiger partial charge on any atom is -0.493 e. The van der Waals surface area contributed by atoms with Crippen molar-refractivity contribution >= 4 is 36.0 Å². The van der Waals surface area contributed by atoms with E-state index in [1.165, 1.54) is 7.11 Å². The van der Waals surface area contributed by atoms with Crippen LogP contribution in [0.1, 0.15) is 18.4 Å². The van der Waals surface area contributed by atoms with E-state index in [1.807, 2.05) is 4.90 Å². The van der Waals surface area contributed by atoms with E-state index in [4.69, 9.17) is 26.8 Å². The fourth-order valence-electron chi connectivity index (χ4n) is 2.70. The second-order valence-corrected chi connectivity index (χ2v) is 5.98. The maximum atomic E-state index is 12.2. The monoisotopic (exact) mass is 374 g/mol. The van der Waals surface area contributed by atoms with Crippen LogP contribution in [-0.4, -0.2) is 44.7 Å². The molecule has 134 valence electrons. The first kappa shape index (κ1) is 20.6. The van der Waals surface area contributed by atoms with Crippen molar-refractivity contribution in [2.45, 2.75) is 12.8 Å². The topological polar surface area (TPSA) is 64.8 Å². The van der Waals surface area contributed by atoms with Gasteiger partial charge in [-0.1, -0.05) is 11.6 Å². The first-order valence-electron chi connectivity index (χ1n) is 7.67. The number of rotatable bonds is 5. The largest absolute Gasteiger partial charge is 0.493 e. The summed E-state index contributed by atoms with van der Waals surface area (Å²) in [7, 11) is 3.09. The minimum atomic E-state index is 0. The van der Waals surface area contributed by atoms with Gasteiger partial charge < -0.3 is 20.1 Å². The zero-order chi connectivity index (χ0) is 16.8. The first-order chi connectivity index (χ1) is 11.1. The molecule has 1 aromatic rings. The predicted octanol–water partition coefficient (Wildman–Crippen LogP) is 2.99. The van der Waals surface area contributed by atoms with Crippen molar-refractivity contribution in [1.82, 2.24) is 4.90 Å². The Hall–Kier alpha value is -1.43. The maximum absolute atomic E-state index is 12.2. The number of methoxy groups -OCH3 is 2. The molecule has 24 heavy (non-hydrogen) atoms. The molecule has 1 aliphatic rings. The van der Waals surface area contributed by atoms with Gasteiger partial charge in [-0.3, -0.25) is 4.79 Å². The van der Waals surface area contributed by atoms with Crippen LogP contribution in [0.25, 0.3) is 6.08 Å². The van der Waals surface area contributed by atoms with E-state index in [2.05, 4.69) is 0 Å². The molecule has 1 saturated heterocycles. The van der Waals surface area contributed by atoms with Crippen LogP contribution in [0.3, 0.4) is 0 Å². The number of piperidine rings is 1. The second-order valence-electron chi connectivity index (χ2n) is 5.58.